The second kappa shape index (κ2) is 17.2. The molecule has 0 saturated heterocycles. The fraction of sp³-hybridized carbons (Fsp3) is 0.260. The molecule has 1 aromatic heterocycles. The van der Waals surface area contributed by atoms with Crippen molar-refractivity contribution < 1.29 is 4.42 Å². The summed E-state index contributed by atoms with van der Waals surface area (Å²) in [6, 6.07) is 66.5. The van der Waals surface area contributed by atoms with Crippen LogP contribution in [0.25, 0.3) is 66.4 Å². The molecule has 2 aliphatic carbocycles. The first-order valence-corrected chi connectivity index (χ1v) is 28.1. The van der Waals surface area contributed by atoms with E-state index in [-0.39, 0.29) is 27.1 Å². The van der Waals surface area contributed by atoms with Gasteiger partial charge in [-0.15, -0.1) is 0 Å². The number of furan rings is 1. The van der Waals surface area contributed by atoms with E-state index in [1.807, 2.05) is 0 Å². The summed E-state index contributed by atoms with van der Waals surface area (Å²) in [7, 11) is 0.731. The van der Waals surface area contributed by atoms with Crippen molar-refractivity contribution in [2.75, 3.05) is 10.2 Å². The van der Waals surface area contributed by atoms with Crippen molar-refractivity contribution in [1.29, 1.82) is 0 Å². The Morgan fingerprint density at radius 3 is 1.71 bits per heavy atom. The summed E-state index contributed by atoms with van der Waals surface area (Å²) in [6.07, 6.45) is 2.34. The molecule has 0 fully saturated rings. The van der Waals surface area contributed by atoms with E-state index in [9.17, 15) is 0 Å². The third-order valence-electron chi connectivity index (χ3n) is 18.1. The number of anilines is 5. The molecule has 2 heterocycles. The molecule has 77 heavy (non-hydrogen) atoms. The molecule has 13 rings (SSSR count). The van der Waals surface area contributed by atoms with Crippen LogP contribution in [0.4, 0.5) is 28.4 Å². The third kappa shape index (κ3) is 7.99. The number of nitrogens with zero attached hydrogens (tertiary/aromatic N) is 1. The van der Waals surface area contributed by atoms with Gasteiger partial charge in [0.1, 0.15) is 11.2 Å². The highest BCUT2D eigenvalue weighted by atomic mass is 16.3. The van der Waals surface area contributed by atoms with Crippen LogP contribution in [-0.4, -0.2) is 7.28 Å². The lowest BCUT2D eigenvalue weighted by Crippen LogP contribution is -2.41. The Balaban J connectivity index is 1.13. The minimum absolute atomic E-state index is 0.0479. The van der Waals surface area contributed by atoms with Gasteiger partial charge in [-0.05, 0) is 162 Å². The van der Waals surface area contributed by atoms with Crippen molar-refractivity contribution >= 4 is 68.6 Å². The highest BCUT2D eigenvalue weighted by molar-refractivity contribution is 6.74. The summed E-state index contributed by atoms with van der Waals surface area (Å²) in [5.74, 6) is 0. The zero-order chi connectivity index (χ0) is 53.6. The predicted molar refractivity (Wildman–Crippen MR) is 331 cm³/mol. The predicted octanol–water partition coefficient (Wildman–Crippen LogP) is 18.8. The first-order chi connectivity index (χ1) is 36.7. The molecule has 0 bridgehead atoms. The summed E-state index contributed by atoms with van der Waals surface area (Å²) in [4.78, 5) is 2.59. The van der Waals surface area contributed by atoms with Gasteiger partial charge in [-0.25, -0.2) is 0 Å². The lowest BCUT2D eigenvalue weighted by Gasteiger charge is -2.42. The van der Waals surface area contributed by atoms with Crippen molar-refractivity contribution in [3.63, 3.8) is 0 Å². The lowest BCUT2D eigenvalue weighted by atomic mass is 9.57. The van der Waals surface area contributed by atoms with Crippen molar-refractivity contribution in [1.82, 2.24) is 0 Å². The molecule has 3 aliphatic rings. The molecule has 0 atom stereocenters. The zero-order valence-corrected chi connectivity index (χ0v) is 47.2. The maximum Gasteiger partial charge on any atom is 0.198 e. The van der Waals surface area contributed by atoms with Crippen LogP contribution in [0.1, 0.15) is 129 Å². The minimum Gasteiger partial charge on any atom is -0.455 e. The molecule has 0 radical (unpaired) electrons. The van der Waals surface area contributed by atoms with Gasteiger partial charge < -0.3 is 14.6 Å². The van der Waals surface area contributed by atoms with Gasteiger partial charge in [0, 0.05) is 55.6 Å². The number of benzene rings is 9. The largest absolute Gasteiger partial charge is 0.455 e. The Morgan fingerprint density at radius 1 is 0.468 bits per heavy atom. The average Bonchev–Trinajstić information content (AvgIpc) is 4.16. The van der Waals surface area contributed by atoms with Crippen LogP contribution < -0.4 is 21.1 Å². The molecule has 10 aromatic rings. The third-order valence-corrected chi connectivity index (χ3v) is 18.1. The van der Waals surface area contributed by atoms with Crippen molar-refractivity contribution in [3.05, 3.63) is 209 Å². The second-order valence-electron chi connectivity index (χ2n) is 26.5. The molecule has 0 unspecified atom stereocenters. The summed E-state index contributed by atoms with van der Waals surface area (Å²) in [6.45, 7) is 28.7. The second-order valence-corrected chi connectivity index (χ2v) is 26.5. The summed E-state index contributed by atoms with van der Waals surface area (Å²) < 4.78 is 7.34. The molecule has 382 valence electrons. The van der Waals surface area contributed by atoms with E-state index < -0.39 is 0 Å². The molecule has 0 spiro atoms. The van der Waals surface area contributed by atoms with Gasteiger partial charge >= 0.3 is 0 Å². The van der Waals surface area contributed by atoms with Gasteiger partial charge in [0.2, 0.25) is 0 Å². The van der Waals surface area contributed by atoms with Gasteiger partial charge in [0.25, 0.3) is 0 Å². The number of para-hydroxylation sites is 1. The molecule has 0 saturated carbocycles. The zero-order valence-electron chi connectivity index (χ0n) is 47.2. The van der Waals surface area contributed by atoms with Crippen LogP contribution in [0.3, 0.4) is 0 Å². The van der Waals surface area contributed by atoms with Crippen LogP contribution in [0.5, 0.6) is 0 Å². The number of hydrogen-bond donors (Lipinski definition) is 1. The van der Waals surface area contributed by atoms with Gasteiger partial charge in [-0.3, -0.25) is 0 Å². The fourth-order valence-electron chi connectivity index (χ4n) is 13.3. The highest BCUT2D eigenvalue weighted by Gasteiger charge is 2.44. The fourth-order valence-corrected chi connectivity index (χ4v) is 13.3. The Hall–Kier alpha value is -7.56. The summed E-state index contributed by atoms with van der Waals surface area (Å²) >= 11 is 0. The maximum absolute atomic E-state index is 7.34. The maximum atomic E-state index is 7.34. The molecular formula is C73H71BN2O. The van der Waals surface area contributed by atoms with Crippen molar-refractivity contribution in [3.8, 4) is 44.5 Å². The van der Waals surface area contributed by atoms with E-state index in [2.05, 4.69) is 269 Å². The molecule has 9 aromatic carbocycles. The molecular weight excluding hydrogens is 932 g/mol. The number of nitrogens with one attached hydrogen (secondary N) is 1. The van der Waals surface area contributed by atoms with E-state index in [1.165, 1.54) is 102 Å². The molecule has 3 nitrogen and oxygen atoms in total. The Labute approximate surface area is 457 Å². The highest BCUT2D eigenvalue weighted by Crippen LogP contribution is 2.57. The van der Waals surface area contributed by atoms with Crippen LogP contribution in [-0.2, 0) is 27.1 Å². The Kier molecular flexibility index (Phi) is 11.0. The van der Waals surface area contributed by atoms with Crippen LogP contribution in [0.15, 0.2) is 180 Å². The smallest absolute Gasteiger partial charge is 0.198 e. The van der Waals surface area contributed by atoms with Crippen LogP contribution in [0.2, 0.25) is 0 Å². The molecule has 4 heteroatoms. The Morgan fingerprint density at radius 2 is 1.04 bits per heavy atom. The minimum atomic E-state index is -0.250. The van der Waals surface area contributed by atoms with Crippen LogP contribution >= 0.6 is 0 Å². The number of hydrogen-bond acceptors (Lipinski definition) is 3. The normalized spacial score (nSPS) is 15.8. The molecule has 1 N–H and O–H groups in total. The van der Waals surface area contributed by atoms with E-state index in [0.29, 0.717) is 0 Å². The summed E-state index contributed by atoms with van der Waals surface area (Å²) in [5, 5.41) is 6.34. The van der Waals surface area contributed by atoms with E-state index in [0.717, 1.165) is 57.4 Å². The number of rotatable bonds is 6. The van der Waals surface area contributed by atoms with Gasteiger partial charge in [0.05, 0.1) is 5.69 Å². The lowest BCUT2D eigenvalue weighted by molar-refractivity contribution is 0.331. The molecule has 1 aliphatic heterocycles. The van der Waals surface area contributed by atoms with E-state index in [1.54, 1.807) is 0 Å². The van der Waals surface area contributed by atoms with E-state index >= 15 is 0 Å². The monoisotopic (exact) mass is 1000 g/mol. The van der Waals surface area contributed by atoms with Crippen LogP contribution in [0, 0.1) is 0 Å². The van der Waals surface area contributed by atoms with Crippen molar-refractivity contribution in [2.45, 2.75) is 123 Å². The van der Waals surface area contributed by atoms with Gasteiger partial charge in [-0.2, -0.15) is 0 Å². The van der Waals surface area contributed by atoms with Gasteiger partial charge in [-0.1, -0.05) is 204 Å². The molecule has 0 amide bonds. The first kappa shape index (κ1) is 49.0. The Bertz CT molecular complexity index is 4010. The first-order valence-electron chi connectivity index (χ1n) is 28.1. The quantitative estimate of drug-likeness (QED) is 0.168. The standard InChI is InChI=1S/C73H71BN2O/c1-69(2,3)47-29-33-62(51(37-47)46-23-17-14-18-24-46)76-63-34-30-48(70(4,5)6)38-60(63)74-67-64(76)41-54-50-25-19-20-26-65(50)77-68(54)66(67)55-39-52-53-40-58-59(72(9,10)36-35-71(58,7)8)42-56(53)73(11,12)57(52)43-61(55)75-49-31-27-45(28-32-49)44-21-15-13-16-22-44/h13-34,37-43,74-75H,35-36H2,1-12H3. The SMILES string of the molecule is CC(C)(C)c1ccc2c(c1)Bc1c(cc3c(oc4ccccc43)c1-c1cc3c(cc1Nc1ccc(-c4ccccc4)cc1)C(C)(C)c1cc4c(cc1-3)C(C)(C)CCC4(C)C)N2c1ccc(C(C)(C)C)cc1-c1ccccc1. The average molecular weight is 1000 g/mol. The number of fused-ring (bicyclic) bond motifs is 9. The van der Waals surface area contributed by atoms with Crippen molar-refractivity contribution in [2.24, 2.45) is 0 Å². The van der Waals surface area contributed by atoms with E-state index in [4.69, 9.17) is 4.42 Å². The topological polar surface area (TPSA) is 28.4 Å². The van der Waals surface area contributed by atoms with Gasteiger partial charge in [0.15, 0.2) is 7.28 Å². The summed E-state index contributed by atoms with van der Waals surface area (Å²) in [5.41, 5.74) is 27.9.